The Morgan fingerprint density at radius 2 is 1.71 bits per heavy atom. The van der Waals surface area contributed by atoms with Crippen molar-refractivity contribution in [2.45, 2.75) is 59.2 Å². The van der Waals surface area contributed by atoms with Gasteiger partial charge in [0.05, 0.1) is 12.2 Å². The first-order valence-corrected chi connectivity index (χ1v) is 7.12. The number of nitrogens with one attached hydrogen (secondary N) is 1. The van der Waals surface area contributed by atoms with E-state index in [2.05, 4.69) is 5.32 Å². The first-order valence-electron chi connectivity index (χ1n) is 7.12. The van der Waals surface area contributed by atoms with E-state index in [-0.39, 0.29) is 13.2 Å². The second-order valence-electron chi connectivity index (χ2n) is 6.73. The summed E-state index contributed by atoms with van der Waals surface area (Å²) >= 11 is 0. The molecule has 1 unspecified atom stereocenters. The van der Waals surface area contributed by atoms with E-state index in [1.165, 1.54) is 4.90 Å². The highest BCUT2D eigenvalue weighted by atomic mass is 16.6. The van der Waals surface area contributed by atoms with Gasteiger partial charge < -0.3 is 24.6 Å². The van der Waals surface area contributed by atoms with Gasteiger partial charge in [0.2, 0.25) is 6.41 Å². The lowest BCUT2D eigenvalue weighted by Crippen LogP contribution is -2.45. The molecular formula is C14H30N2O5. The summed E-state index contributed by atoms with van der Waals surface area (Å²) in [6, 6.07) is 0. The Morgan fingerprint density at radius 3 is 2.14 bits per heavy atom. The maximum atomic E-state index is 11.9. The predicted molar refractivity (Wildman–Crippen MR) is 79.7 cm³/mol. The summed E-state index contributed by atoms with van der Waals surface area (Å²) in [5.41, 5.74) is -1.06. The summed E-state index contributed by atoms with van der Waals surface area (Å²) in [5, 5.41) is 21.4. The molecule has 1 atom stereocenters. The van der Waals surface area contributed by atoms with Crippen LogP contribution in [0.4, 0.5) is 4.79 Å². The molecule has 0 aromatic rings. The first kappa shape index (κ1) is 20.1. The van der Waals surface area contributed by atoms with Gasteiger partial charge in [0.25, 0.3) is 0 Å². The number of amides is 1. The van der Waals surface area contributed by atoms with Crippen LogP contribution in [-0.4, -0.2) is 65.1 Å². The van der Waals surface area contributed by atoms with Crippen molar-refractivity contribution >= 4 is 6.09 Å². The lowest BCUT2D eigenvalue weighted by molar-refractivity contribution is -0.181. The summed E-state index contributed by atoms with van der Waals surface area (Å²) in [5.74, 6) is 0. The summed E-state index contributed by atoms with van der Waals surface area (Å²) in [6.07, 6.45) is -1.61. The van der Waals surface area contributed by atoms with Crippen LogP contribution in [0.3, 0.4) is 0 Å². The number of carbonyl (C=O) groups is 1. The predicted octanol–water partition coefficient (Wildman–Crippen LogP) is 0.896. The molecule has 0 aromatic carbocycles. The molecule has 0 aliphatic heterocycles. The number of aliphatic hydroxyl groups is 2. The number of nitrogens with zero attached hydrogens (tertiary/aromatic N) is 1. The molecule has 1 amide bonds. The van der Waals surface area contributed by atoms with Crippen LogP contribution in [0.2, 0.25) is 0 Å². The molecule has 0 aromatic heterocycles. The quantitative estimate of drug-likeness (QED) is 0.605. The monoisotopic (exact) mass is 306 g/mol. The summed E-state index contributed by atoms with van der Waals surface area (Å²) in [6.45, 7) is 11.5. The maximum Gasteiger partial charge on any atom is 0.410 e. The summed E-state index contributed by atoms with van der Waals surface area (Å²) in [4.78, 5) is 13.3. The van der Waals surface area contributed by atoms with E-state index in [4.69, 9.17) is 14.6 Å². The minimum Gasteiger partial charge on any atom is -0.444 e. The normalized spacial score (nSPS) is 13.9. The van der Waals surface area contributed by atoms with Crippen molar-refractivity contribution in [3.63, 3.8) is 0 Å². The third kappa shape index (κ3) is 11.4. The van der Waals surface area contributed by atoms with E-state index in [1.54, 1.807) is 20.8 Å². The highest BCUT2D eigenvalue weighted by Gasteiger charge is 2.22. The Kier molecular flexibility index (Phi) is 8.17. The third-order valence-electron chi connectivity index (χ3n) is 2.19. The van der Waals surface area contributed by atoms with Crippen LogP contribution in [0.25, 0.3) is 0 Å². The number of aliphatic hydroxyl groups excluding tert-OH is 2. The number of carbonyl (C=O) groups excluding carboxylic acids is 1. The zero-order valence-corrected chi connectivity index (χ0v) is 14.0. The summed E-state index contributed by atoms with van der Waals surface area (Å²) in [7, 11) is 0. The molecule has 0 heterocycles. The second kappa shape index (κ2) is 8.53. The van der Waals surface area contributed by atoms with Crippen LogP contribution in [0, 0.1) is 0 Å². The molecule has 7 nitrogen and oxygen atoms in total. The molecule has 0 spiro atoms. The molecule has 0 saturated carbocycles. The van der Waals surface area contributed by atoms with Gasteiger partial charge >= 0.3 is 6.09 Å². The minimum atomic E-state index is -1.11. The van der Waals surface area contributed by atoms with Crippen LogP contribution in [0.15, 0.2) is 0 Å². The first-order chi connectivity index (χ1) is 9.44. The van der Waals surface area contributed by atoms with Crippen molar-refractivity contribution in [1.82, 2.24) is 10.2 Å². The van der Waals surface area contributed by atoms with Gasteiger partial charge in [0.1, 0.15) is 5.60 Å². The number of rotatable bonds is 7. The fourth-order valence-corrected chi connectivity index (χ4v) is 1.44. The van der Waals surface area contributed by atoms with Crippen molar-refractivity contribution in [3.8, 4) is 0 Å². The van der Waals surface area contributed by atoms with E-state index in [0.29, 0.717) is 13.1 Å². The second-order valence-corrected chi connectivity index (χ2v) is 6.73. The van der Waals surface area contributed by atoms with Gasteiger partial charge in [0, 0.05) is 19.6 Å². The highest BCUT2D eigenvalue weighted by Crippen LogP contribution is 2.10. The molecule has 0 bridgehead atoms. The number of hydrogen-bond acceptors (Lipinski definition) is 6. The molecular weight excluding hydrogens is 276 g/mol. The Hall–Kier alpha value is -0.890. The van der Waals surface area contributed by atoms with E-state index >= 15 is 0 Å². The molecule has 126 valence electrons. The largest absolute Gasteiger partial charge is 0.444 e. The van der Waals surface area contributed by atoms with Crippen LogP contribution < -0.4 is 5.32 Å². The SMILES string of the molecule is CC(C)(C)OC(=O)N(CCO)CCNC(O)OC(C)(C)C. The summed E-state index contributed by atoms with van der Waals surface area (Å²) < 4.78 is 10.5. The minimum absolute atomic E-state index is 0.152. The Labute approximate surface area is 127 Å². The molecule has 21 heavy (non-hydrogen) atoms. The number of ether oxygens (including phenoxy) is 2. The molecule has 3 N–H and O–H groups in total. The van der Waals surface area contributed by atoms with Crippen LogP contribution >= 0.6 is 0 Å². The zero-order valence-electron chi connectivity index (χ0n) is 14.0. The molecule has 7 heteroatoms. The van der Waals surface area contributed by atoms with Gasteiger partial charge in [-0.15, -0.1) is 0 Å². The third-order valence-corrected chi connectivity index (χ3v) is 2.19. The van der Waals surface area contributed by atoms with E-state index < -0.39 is 23.7 Å². The molecule has 0 rings (SSSR count). The molecule has 0 fully saturated rings. The van der Waals surface area contributed by atoms with Crippen molar-refractivity contribution in [2.75, 3.05) is 26.2 Å². The Bertz CT molecular complexity index is 309. The van der Waals surface area contributed by atoms with E-state index in [0.717, 1.165) is 0 Å². The maximum absolute atomic E-state index is 11.9. The fourth-order valence-electron chi connectivity index (χ4n) is 1.44. The lowest BCUT2D eigenvalue weighted by Gasteiger charge is -2.28. The highest BCUT2D eigenvalue weighted by molar-refractivity contribution is 5.68. The molecule has 0 aliphatic rings. The standard InChI is InChI=1S/C14H30N2O5/c1-13(2,3)20-11(18)15-7-8-16(9-10-17)12(19)21-14(4,5)6/h11,15,17-18H,7-10H2,1-6H3. The van der Waals surface area contributed by atoms with Crippen LogP contribution in [0.1, 0.15) is 41.5 Å². The van der Waals surface area contributed by atoms with Gasteiger partial charge in [-0.3, -0.25) is 5.32 Å². The van der Waals surface area contributed by atoms with Crippen molar-refractivity contribution < 1.29 is 24.5 Å². The Morgan fingerprint density at radius 1 is 1.14 bits per heavy atom. The van der Waals surface area contributed by atoms with Crippen LogP contribution in [0.5, 0.6) is 0 Å². The Balaban J connectivity index is 4.24. The van der Waals surface area contributed by atoms with Crippen molar-refractivity contribution in [3.05, 3.63) is 0 Å². The molecule has 0 radical (unpaired) electrons. The smallest absolute Gasteiger partial charge is 0.410 e. The zero-order chi connectivity index (χ0) is 16.7. The van der Waals surface area contributed by atoms with Crippen molar-refractivity contribution in [2.24, 2.45) is 0 Å². The lowest BCUT2D eigenvalue weighted by atomic mass is 10.2. The van der Waals surface area contributed by atoms with Gasteiger partial charge in [-0.2, -0.15) is 0 Å². The van der Waals surface area contributed by atoms with Gasteiger partial charge in [0.15, 0.2) is 0 Å². The van der Waals surface area contributed by atoms with Gasteiger partial charge in [-0.1, -0.05) is 0 Å². The van der Waals surface area contributed by atoms with Gasteiger partial charge in [-0.05, 0) is 41.5 Å². The average Bonchev–Trinajstić information content (AvgIpc) is 2.22. The van der Waals surface area contributed by atoms with E-state index in [9.17, 15) is 9.90 Å². The molecule has 0 saturated heterocycles. The number of hydrogen-bond donors (Lipinski definition) is 3. The van der Waals surface area contributed by atoms with E-state index in [1.807, 2.05) is 20.8 Å². The topological polar surface area (TPSA) is 91.3 Å². The average molecular weight is 306 g/mol. The molecule has 0 aliphatic carbocycles. The fraction of sp³-hybridized carbons (Fsp3) is 0.929. The van der Waals surface area contributed by atoms with Crippen molar-refractivity contribution in [1.29, 1.82) is 0 Å². The van der Waals surface area contributed by atoms with Crippen LogP contribution in [-0.2, 0) is 9.47 Å². The van der Waals surface area contributed by atoms with Gasteiger partial charge in [-0.25, -0.2) is 4.79 Å².